The van der Waals surface area contributed by atoms with Crippen molar-refractivity contribution < 1.29 is 22.7 Å². The molecule has 13 heteroatoms. The van der Waals surface area contributed by atoms with Crippen LogP contribution in [0.1, 0.15) is 67.8 Å². The molecule has 3 aromatic rings. The van der Waals surface area contributed by atoms with Gasteiger partial charge in [0, 0.05) is 55.2 Å². The van der Waals surface area contributed by atoms with Gasteiger partial charge in [-0.3, -0.25) is 14.7 Å². The molecule has 0 aromatic heterocycles. The number of rotatable bonds is 8. The fraction of sp³-hybridized carbons (Fsp3) is 0.432. The van der Waals surface area contributed by atoms with Crippen LogP contribution in [0.4, 0.5) is 4.79 Å². The highest BCUT2D eigenvalue weighted by Gasteiger charge is 2.46. The van der Waals surface area contributed by atoms with Gasteiger partial charge in [0.1, 0.15) is 17.6 Å². The fourth-order valence-electron chi connectivity index (χ4n) is 7.09. The van der Waals surface area contributed by atoms with Gasteiger partial charge in [0.25, 0.3) is 0 Å². The summed E-state index contributed by atoms with van der Waals surface area (Å²) in [5, 5.41) is 1.12. The molecule has 2 saturated heterocycles. The molecule has 0 spiro atoms. The van der Waals surface area contributed by atoms with Crippen molar-refractivity contribution in [3.05, 3.63) is 93.5 Å². The van der Waals surface area contributed by atoms with Crippen LogP contribution in [-0.4, -0.2) is 91.1 Å². The van der Waals surface area contributed by atoms with Crippen LogP contribution in [-0.2, 0) is 14.8 Å². The monoisotopic (exact) mass is 737 g/mol. The number of hydrogen-bond donors (Lipinski definition) is 0. The highest BCUT2D eigenvalue weighted by molar-refractivity contribution is 7.89. The van der Waals surface area contributed by atoms with Crippen LogP contribution in [0.3, 0.4) is 0 Å². The maximum absolute atomic E-state index is 14.9. The summed E-state index contributed by atoms with van der Waals surface area (Å²) < 4.78 is 35.5. The molecule has 3 aliphatic heterocycles. The number of piperidine rings is 1. The number of carbonyl (C=O) groups is 2. The number of piperazine rings is 1. The molecular formula is C37H41Cl2N5O5S. The van der Waals surface area contributed by atoms with E-state index in [9.17, 15) is 18.0 Å². The average Bonchev–Trinajstić information content (AvgIpc) is 3.92. The van der Waals surface area contributed by atoms with E-state index in [-0.39, 0.29) is 22.8 Å². The van der Waals surface area contributed by atoms with Crippen molar-refractivity contribution in [2.75, 3.05) is 45.9 Å². The van der Waals surface area contributed by atoms with E-state index in [1.54, 1.807) is 52.3 Å². The summed E-state index contributed by atoms with van der Waals surface area (Å²) in [5.74, 6) is 1.00. The highest BCUT2D eigenvalue weighted by Crippen LogP contribution is 2.46. The van der Waals surface area contributed by atoms with E-state index in [1.807, 2.05) is 36.1 Å². The number of amides is 3. The van der Waals surface area contributed by atoms with Crippen molar-refractivity contribution >= 4 is 51.0 Å². The molecule has 3 amide bonds. The summed E-state index contributed by atoms with van der Waals surface area (Å²) in [6.45, 7) is 4.72. The molecule has 3 aromatic carbocycles. The van der Waals surface area contributed by atoms with Crippen molar-refractivity contribution in [2.45, 2.75) is 56.0 Å². The second kappa shape index (κ2) is 14.5. The van der Waals surface area contributed by atoms with Gasteiger partial charge in [0.15, 0.2) is 0 Å². The van der Waals surface area contributed by atoms with E-state index in [2.05, 4.69) is 0 Å². The predicted octanol–water partition coefficient (Wildman–Crippen LogP) is 6.79. The quantitative estimate of drug-likeness (QED) is 0.254. The Morgan fingerprint density at radius 1 is 0.800 bits per heavy atom. The van der Waals surface area contributed by atoms with Crippen LogP contribution >= 0.6 is 23.2 Å². The summed E-state index contributed by atoms with van der Waals surface area (Å²) in [7, 11) is -3.82. The zero-order valence-electron chi connectivity index (χ0n) is 28.0. The van der Waals surface area contributed by atoms with Crippen LogP contribution in [0.25, 0.3) is 0 Å². The molecular weight excluding hydrogens is 697 g/mol. The van der Waals surface area contributed by atoms with E-state index >= 15 is 0 Å². The van der Waals surface area contributed by atoms with Gasteiger partial charge in [0.05, 0.1) is 23.1 Å². The van der Waals surface area contributed by atoms with E-state index < -0.39 is 22.1 Å². The first-order chi connectivity index (χ1) is 24.2. The molecule has 0 N–H and O–H groups in total. The Kier molecular flexibility index (Phi) is 10.1. The maximum atomic E-state index is 14.9. The van der Waals surface area contributed by atoms with Crippen molar-refractivity contribution in [1.82, 2.24) is 19.0 Å². The number of aliphatic imine (C=N–C) groups is 1. The number of amidine groups is 1. The smallest absolute Gasteiger partial charge is 0.326 e. The SMILES string of the molecule is CCOc1ccc(S(=O)(=O)N2CCCCC2)cc1C1=NC(c2ccc(Cl)cc2)C(c2ccc(Cl)cc2)N1C(=O)N1CCN(C(=O)C2CC2)CC1. The molecule has 1 aliphatic carbocycles. The predicted molar refractivity (Wildman–Crippen MR) is 193 cm³/mol. The van der Waals surface area contributed by atoms with Crippen LogP contribution < -0.4 is 4.74 Å². The first kappa shape index (κ1) is 34.8. The van der Waals surface area contributed by atoms with Gasteiger partial charge in [-0.1, -0.05) is 53.9 Å². The summed E-state index contributed by atoms with van der Waals surface area (Å²) in [6.07, 6.45) is 4.46. The molecule has 50 heavy (non-hydrogen) atoms. The lowest BCUT2D eigenvalue weighted by molar-refractivity contribution is -0.134. The van der Waals surface area contributed by atoms with Gasteiger partial charge in [-0.05, 0) is 86.2 Å². The van der Waals surface area contributed by atoms with Crippen LogP contribution in [0.15, 0.2) is 76.6 Å². The standard InChI is InChI=1S/C37H41Cl2N5O5S/c1-2-49-32-17-16-30(50(47,48)43-18-4-3-5-19-43)24-31(32)35-40-33(25-8-12-28(38)13-9-25)34(26-10-14-29(39)15-11-26)44(35)37(46)42-22-20-41(21-23-42)36(45)27-6-7-27/h8-17,24,27,33-34H,2-7,18-23H2,1H3. The van der Waals surface area contributed by atoms with Crippen molar-refractivity contribution in [3.8, 4) is 5.75 Å². The van der Waals surface area contributed by atoms with Gasteiger partial charge < -0.3 is 14.5 Å². The Morgan fingerprint density at radius 2 is 1.40 bits per heavy atom. The van der Waals surface area contributed by atoms with E-state index in [0.29, 0.717) is 73.1 Å². The molecule has 3 heterocycles. The Morgan fingerprint density at radius 3 is 2.00 bits per heavy atom. The molecule has 264 valence electrons. The highest BCUT2D eigenvalue weighted by atomic mass is 35.5. The minimum absolute atomic E-state index is 0.106. The van der Waals surface area contributed by atoms with Gasteiger partial charge in [-0.25, -0.2) is 13.2 Å². The number of hydrogen-bond acceptors (Lipinski definition) is 6. The van der Waals surface area contributed by atoms with E-state index in [1.165, 1.54) is 4.31 Å². The minimum Gasteiger partial charge on any atom is -0.493 e. The molecule has 2 unspecified atom stereocenters. The first-order valence-electron chi connectivity index (χ1n) is 17.4. The summed E-state index contributed by atoms with van der Waals surface area (Å²) in [5.41, 5.74) is 2.05. The average molecular weight is 739 g/mol. The third-order valence-electron chi connectivity index (χ3n) is 9.93. The number of carbonyl (C=O) groups excluding carboxylic acids is 2. The number of halogens is 2. The van der Waals surface area contributed by atoms with E-state index in [4.69, 9.17) is 32.9 Å². The molecule has 7 rings (SSSR count). The van der Waals surface area contributed by atoms with Crippen LogP contribution in [0.5, 0.6) is 5.75 Å². The van der Waals surface area contributed by atoms with Gasteiger partial charge in [0.2, 0.25) is 15.9 Å². The summed E-state index contributed by atoms with van der Waals surface area (Å²) >= 11 is 12.6. The number of sulfonamides is 1. The van der Waals surface area contributed by atoms with E-state index in [0.717, 1.165) is 43.2 Å². The number of benzene rings is 3. The Balaban J connectivity index is 1.35. The van der Waals surface area contributed by atoms with Gasteiger partial charge in [-0.15, -0.1) is 0 Å². The second-order valence-electron chi connectivity index (χ2n) is 13.2. The van der Waals surface area contributed by atoms with Crippen molar-refractivity contribution in [1.29, 1.82) is 0 Å². The minimum atomic E-state index is -3.82. The zero-order valence-corrected chi connectivity index (χ0v) is 30.3. The Bertz CT molecular complexity index is 1870. The normalized spacial score (nSPS) is 21.7. The molecule has 2 atom stereocenters. The Labute approximate surface area is 303 Å². The third-order valence-corrected chi connectivity index (χ3v) is 12.3. The molecule has 3 fully saturated rings. The number of urea groups is 1. The van der Waals surface area contributed by atoms with Gasteiger partial charge >= 0.3 is 6.03 Å². The fourth-order valence-corrected chi connectivity index (χ4v) is 8.89. The molecule has 10 nitrogen and oxygen atoms in total. The summed E-state index contributed by atoms with van der Waals surface area (Å²) in [6, 6.07) is 18.1. The lowest BCUT2D eigenvalue weighted by Crippen LogP contribution is -2.55. The summed E-state index contributed by atoms with van der Waals surface area (Å²) in [4.78, 5) is 38.5. The lowest BCUT2D eigenvalue weighted by Gasteiger charge is -2.39. The maximum Gasteiger partial charge on any atom is 0.326 e. The molecule has 1 saturated carbocycles. The molecule has 4 aliphatic rings. The second-order valence-corrected chi connectivity index (χ2v) is 16.1. The molecule has 0 bridgehead atoms. The van der Waals surface area contributed by atoms with Crippen molar-refractivity contribution in [3.63, 3.8) is 0 Å². The first-order valence-corrected chi connectivity index (χ1v) is 19.6. The molecule has 0 radical (unpaired) electrons. The lowest BCUT2D eigenvalue weighted by atomic mass is 9.93. The topological polar surface area (TPSA) is 103 Å². The third kappa shape index (κ3) is 6.97. The van der Waals surface area contributed by atoms with Crippen molar-refractivity contribution in [2.24, 2.45) is 10.9 Å². The zero-order chi connectivity index (χ0) is 35.0. The van der Waals surface area contributed by atoms with Crippen LogP contribution in [0.2, 0.25) is 10.0 Å². The van der Waals surface area contributed by atoms with Crippen LogP contribution in [0, 0.1) is 5.92 Å². The number of ether oxygens (including phenoxy) is 1. The Hall–Kier alpha value is -3.64. The largest absolute Gasteiger partial charge is 0.493 e. The number of nitrogens with zero attached hydrogens (tertiary/aromatic N) is 5. The van der Waals surface area contributed by atoms with Gasteiger partial charge in [-0.2, -0.15) is 4.31 Å².